The summed E-state index contributed by atoms with van der Waals surface area (Å²) in [7, 11) is 0. The summed E-state index contributed by atoms with van der Waals surface area (Å²) in [4.78, 5) is 23.7. The molecule has 0 spiro atoms. The minimum Gasteiger partial charge on any atom is -0.480 e. The Balaban J connectivity index is 4.32. The van der Waals surface area contributed by atoms with Gasteiger partial charge in [0, 0.05) is 12.5 Å². The third kappa shape index (κ3) is 5.37. The summed E-state index contributed by atoms with van der Waals surface area (Å²) >= 11 is 0. The zero-order valence-corrected chi connectivity index (χ0v) is 9.40. The van der Waals surface area contributed by atoms with Crippen LogP contribution in [-0.4, -0.2) is 41.5 Å². The zero-order valence-electron chi connectivity index (χ0n) is 9.40. The van der Waals surface area contributed by atoms with Gasteiger partial charge in [0.1, 0.15) is 6.54 Å². The van der Waals surface area contributed by atoms with Gasteiger partial charge >= 0.3 is 5.97 Å². The summed E-state index contributed by atoms with van der Waals surface area (Å²) in [5, 5.41) is 8.65. The van der Waals surface area contributed by atoms with Crippen molar-refractivity contribution in [1.82, 2.24) is 4.90 Å². The fraction of sp³-hybridized carbons (Fsp3) is 0.800. The lowest BCUT2D eigenvalue weighted by atomic mass is 10.1. The second-order valence-corrected chi connectivity index (χ2v) is 3.63. The number of carbonyl (C=O) groups excluding carboxylic acids is 1. The molecule has 0 aliphatic carbocycles. The van der Waals surface area contributed by atoms with Gasteiger partial charge in [-0.2, -0.15) is 0 Å². The van der Waals surface area contributed by atoms with Crippen LogP contribution in [0.2, 0.25) is 0 Å². The number of hydrogen-bond donors (Lipinski definition) is 2. The van der Waals surface area contributed by atoms with Gasteiger partial charge in [-0.05, 0) is 19.4 Å². The Labute approximate surface area is 90.2 Å². The SMILES string of the molecule is CCCN(CC(=O)O)C(=O)C(C)CCN. The number of aliphatic carboxylic acids is 1. The molecule has 1 amide bonds. The van der Waals surface area contributed by atoms with Crippen LogP contribution < -0.4 is 5.73 Å². The second kappa shape index (κ2) is 7.23. The smallest absolute Gasteiger partial charge is 0.323 e. The normalized spacial score (nSPS) is 12.2. The number of carboxylic acids is 1. The van der Waals surface area contributed by atoms with Crippen LogP contribution in [0.1, 0.15) is 26.7 Å². The molecule has 0 heterocycles. The number of amides is 1. The summed E-state index contributed by atoms with van der Waals surface area (Å²) in [6, 6.07) is 0. The highest BCUT2D eigenvalue weighted by Crippen LogP contribution is 2.06. The van der Waals surface area contributed by atoms with Crippen molar-refractivity contribution >= 4 is 11.9 Å². The highest BCUT2D eigenvalue weighted by Gasteiger charge is 2.20. The maximum atomic E-state index is 11.8. The topological polar surface area (TPSA) is 83.6 Å². The summed E-state index contributed by atoms with van der Waals surface area (Å²) in [5.41, 5.74) is 5.36. The van der Waals surface area contributed by atoms with Gasteiger partial charge in [0.2, 0.25) is 5.91 Å². The van der Waals surface area contributed by atoms with Gasteiger partial charge in [-0.3, -0.25) is 9.59 Å². The number of hydrogen-bond acceptors (Lipinski definition) is 3. The molecule has 0 radical (unpaired) electrons. The molecule has 0 aromatic heterocycles. The van der Waals surface area contributed by atoms with Crippen LogP contribution >= 0.6 is 0 Å². The van der Waals surface area contributed by atoms with E-state index < -0.39 is 5.97 Å². The van der Waals surface area contributed by atoms with Gasteiger partial charge in [0.15, 0.2) is 0 Å². The fourth-order valence-corrected chi connectivity index (χ4v) is 1.39. The molecule has 5 nitrogen and oxygen atoms in total. The fourth-order valence-electron chi connectivity index (χ4n) is 1.39. The van der Waals surface area contributed by atoms with Crippen LogP contribution in [0.4, 0.5) is 0 Å². The molecule has 0 aliphatic heterocycles. The lowest BCUT2D eigenvalue weighted by molar-refractivity contribution is -0.146. The van der Waals surface area contributed by atoms with Crippen LogP contribution in [0.3, 0.4) is 0 Å². The van der Waals surface area contributed by atoms with Crippen LogP contribution in [0.25, 0.3) is 0 Å². The minimum absolute atomic E-state index is 0.121. The van der Waals surface area contributed by atoms with Crippen LogP contribution in [-0.2, 0) is 9.59 Å². The van der Waals surface area contributed by atoms with Crippen molar-refractivity contribution in [3.05, 3.63) is 0 Å². The van der Waals surface area contributed by atoms with E-state index in [1.165, 1.54) is 4.90 Å². The van der Waals surface area contributed by atoms with Crippen molar-refractivity contribution in [2.24, 2.45) is 11.7 Å². The first kappa shape index (κ1) is 13.9. The third-order valence-electron chi connectivity index (χ3n) is 2.15. The molecule has 0 aromatic carbocycles. The van der Waals surface area contributed by atoms with Crippen molar-refractivity contribution in [2.45, 2.75) is 26.7 Å². The first-order chi connectivity index (χ1) is 7.02. The molecule has 3 N–H and O–H groups in total. The van der Waals surface area contributed by atoms with E-state index in [0.717, 1.165) is 6.42 Å². The molecule has 0 bridgehead atoms. The molecule has 0 rings (SSSR count). The van der Waals surface area contributed by atoms with Crippen LogP contribution in [0.15, 0.2) is 0 Å². The molecule has 0 saturated carbocycles. The van der Waals surface area contributed by atoms with Crippen molar-refractivity contribution in [3.8, 4) is 0 Å². The maximum Gasteiger partial charge on any atom is 0.323 e. The Bertz CT molecular complexity index is 219. The molecule has 88 valence electrons. The van der Waals surface area contributed by atoms with Gasteiger partial charge in [0.25, 0.3) is 0 Å². The Morgan fingerprint density at radius 3 is 2.47 bits per heavy atom. The van der Waals surface area contributed by atoms with E-state index in [1.54, 1.807) is 6.92 Å². The van der Waals surface area contributed by atoms with Crippen molar-refractivity contribution in [3.63, 3.8) is 0 Å². The average Bonchev–Trinajstić information content (AvgIpc) is 2.16. The average molecular weight is 216 g/mol. The minimum atomic E-state index is -0.975. The van der Waals surface area contributed by atoms with E-state index in [9.17, 15) is 9.59 Å². The molecule has 1 unspecified atom stereocenters. The Kier molecular flexibility index (Phi) is 6.70. The predicted molar refractivity (Wildman–Crippen MR) is 57.3 cm³/mol. The number of carbonyl (C=O) groups is 2. The maximum absolute atomic E-state index is 11.8. The summed E-state index contributed by atoms with van der Waals surface area (Å²) in [6.07, 6.45) is 1.35. The summed E-state index contributed by atoms with van der Waals surface area (Å²) in [5.74, 6) is -1.29. The van der Waals surface area contributed by atoms with E-state index in [2.05, 4.69) is 0 Å². The Hall–Kier alpha value is -1.10. The lowest BCUT2D eigenvalue weighted by Gasteiger charge is -2.23. The van der Waals surface area contributed by atoms with Gasteiger partial charge < -0.3 is 15.7 Å². The third-order valence-corrected chi connectivity index (χ3v) is 2.15. The Morgan fingerprint density at radius 1 is 1.47 bits per heavy atom. The first-order valence-corrected chi connectivity index (χ1v) is 5.23. The molecule has 0 fully saturated rings. The van der Waals surface area contributed by atoms with Gasteiger partial charge in [-0.25, -0.2) is 0 Å². The second-order valence-electron chi connectivity index (χ2n) is 3.63. The first-order valence-electron chi connectivity index (χ1n) is 5.23. The van der Waals surface area contributed by atoms with Gasteiger partial charge in [-0.15, -0.1) is 0 Å². The van der Waals surface area contributed by atoms with Gasteiger partial charge in [0.05, 0.1) is 0 Å². The monoisotopic (exact) mass is 216 g/mol. The molecule has 0 aromatic rings. The molecular formula is C10H20N2O3. The number of nitrogens with two attached hydrogens (primary N) is 1. The van der Waals surface area contributed by atoms with E-state index in [1.807, 2.05) is 6.92 Å². The van der Waals surface area contributed by atoms with Crippen LogP contribution in [0, 0.1) is 5.92 Å². The molecule has 0 saturated heterocycles. The molecule has 5 heteroatoms. The number of nitrogens with zero attached hydrogens (tertiary/aromatic N) is 1. The van der Waals surface area contributed by atoms with Gasteiger partial charge in [-0.1, -0.05) is 13.8 Å². The zero-order chi connectivity index (χ0) is 11.8. The van der Waals surface area contributed by atoms with Crippen LogP contribution in [0.5, 0.6) is 0 Å². The van der Waals surface area contributed by atoms with E-state index in [0.29, 0.717) is 19.5 Å². The Morgan fingerprint density at radius 2 is 2.07 bits per heavy atom. The quantitative estimate of drug-likeness (QED) is 0.641. The number of rotatable bonds is 7. The number of carboxylic acid groups (broad SMARTS) is 1. The molecule has 1 atom stereocenters. The predicted octanol–water partition coefficient (Wildman–Crippen LogP) is 0.295. The summed E-state index contributed by atoms with van der Waals surface area (Å²) < 4.78 is 0. The van der Waals surface area contributed by atoms with E-state index in [-0.39, 0.29) is 18.4 Å². The van der Waals surface area contributed by atoms with Crippen molar-refractivity contribution in [1.29, 1.82) is 0 Å². The van der Waals surface area contributed by atoms with Crippen molar-refractivity contribution in [2.75, 3.05) is 19.6 Å². The highest BCUT2D eigenvalue weighted by atomic mass is 16.4. The lowest BCUT2D eigenvalue weighted by Crippen LogP contribution is -2.39. The largest absolute Gasteiger partial charge is 0.480 e. The molecular weight excluding hydrogens is 196 g/mol. The molecule has 15 heavy (non-hydrogen) atoms. The van der Waals surface area contributed by atoms with E-state index in [4.69, 9.17) is 10.8 Å². The highest BCUT2D eigenvalue weighted by molar-refractivity contribution is 5.82. The van der Waals surface area contributed by atoms with Crippen molar-refractivity contribution < 1.29 is 14.7 Å². The summed E-state index contributed by atoms with van der Waals surface area (Å²) in [6.45, 7) is 4.40. The standard InChI is InChI=1S/C10H20N2O3/c1-3-6-12(7-9(13)14)10(15)8(2)4-5-11/h8H,3-7,11H2,1-2H3,(H,13,14). The van der Waals surface area contributed by atoms with E-state index >= 15 is 0 Å². The molecule has 0 aliphatic rings.